The zero-order valence-electron chi connectivity index (χ0n) is 10.1. The zero-order chi connectivity index (χ0) is 12.5. The van der Waals surface area contributed by atoms with Gasteiger partial charge in [0.1, 0.15) is 5.75 Å². The molecule has 1 aromatic carbocycles. The Balaban J connectivity index is 2.12. The van der Waals surface area contributed by atoms with Crippen molar-refractivity contribution in [3.05, 3.63) is 24.3 Å². The Kier molecular flexibility index (Phi) is 2.96. The first kappa shape index (κ1) is 11.8. The van der Waals surface area contributed by atoms with E-state index in [-0.39, 0.29) is 0 Å². The van der Waals surface area contributed by atoms with Gasteiger partial charge in [0.15, 0.2) is 0 Å². The van der Waals surface area contributed by atoms with Crippen LogP contribution in [0.1, 0.15) is 13.3 Å². The molecule has 2 rings (SSSR count). The van der Waals surface area contributed by atoms with E-state index in [1.807, 2.05) is 24.3 Å². The maximum absolute atomic E-state index is 11.2. The Labute approximate surface area is 101 Å². The number of carbonyl (C=O) groups is 1. The summed E-state index contributed by atoms with van der Waals surface area (Å²) in [6.07, 6.45) is 0.689. The molecule has 1 atom stereocenters. The normalized spacial score (nSPS) is 23.8. The predicted octanol–water partition coefficient (Wildman–Crippen LogP) is 2.00. The average Bonchev–Trinajstić information content (AvgIpc) is 2.74. The number of carboxylic acids is 1. The second-order valence-electron chi connectivity index (χ2n) is 4.74. The van der Waals surface area contributed by atoms with Gasteiger partial charge in [-0.3, -0.25) is 4.79 Å². The third kappa shape index (κ3) is 2.20. The minimum atomic E-state index is -0.714. The van der Waals surface area contributed by atoms with Crippen LogP contribution >= 0.6 is 0 Å². The summed E-state index contributed by atoms with van der Waals surface area (Å²) in [5, 5.41) is 9.17. The fraction of sp³-hybridized carbons (Fsp3) is 0.462. The molecule has 0 spiro atoms. The van der Waals surface area contributed by atoms with Crippen LogP contribution in [-0.4, -0.2) is 31.3 Å². The summed E-state index contributed by atoms with van der Waals surface area (Å²) in [5.74, 6) is 0.0995. The lowest BCUT2D eigenvalue weighted by Gasteiger charge is -2.21. The molecular formula is C13H17NO3. The molecule has 1 N–H and O–H groups in total. The largest absolute Gasteiger partial charge is 0.497 e. The molecule has 1 aromatic rings. The van der Waals surface area contributed by atoms with Crippen LogP contribution in [0.3, 0.4) is 0 Å². The van der Waals surface area contributed by atoms with Gasteiger partial charge in [0.25, 0.3) is 0 Å². The first-order valence-electron chi connectivity index (χ1n) is 5.67. The monoisotopic (exact) mass is 235 g/mol. The molecule has 4 nitrogen and oxygen atoms in total. The summed E-state index contributed by atoms with van der Waals surface area (Å²) in [5.41, 5.74) is 0.427. The van der Waals surface area contributed by atoms with Crippen LogP contribution < -0.4 is 9.64 Å². The number of nitrogens with zero attached hydrogens (tertiary/aromatic N) is 1. The van der Waals surface area contributed by atoms with Crippen molar-refractivity contribution in [2.24, 2.45) is 5.41 Å². The third-order valence-corrected chi connectivity index (χ3v) is 3.43. The van der Waals surface area contributed by atoms with Gasteiger partial charge in [-0.05, 0) is 37.6 Å². The molecule has 4 heteroatoms. The summed E-state index contributed by atoms with van der Waals surface area (Å²) in [4.78, 5) is 13.3. The Hall–Kier alpha value is -1.71. The molecule has 1 aliphatic heterocycles. The van der Waals surface area contributed by atoms with Crippen molar-refractivity contribution < 1.29 is 14.6 Å². The van der Waals surface area contributed by atoms with Crippen LogP contribution in [0.4, 0.5) is 5.69 Å². The molecule has 1 aliphatic rings. The number of benzene rings is 1. The summed E-state index contributed by atoms with van der Waals surface area (Å²) in [7, 11) is 1.63. The fourth-order valence-electron chi connectivity index (χ4n) is 2.15. The number of carboxylic acid groups (broad SMARTS) is 1. The van der Waals surface area contributed by atoms with Gasteiger partial charge in [0.05, 0.1) is 12.5 Å². The first-order valence-corrected chi connectivity index (χ1v) is 5.67. The van der Waals surface area contributed by atoms with E-state index in [1.165, 1.54) is 0 Å². The van der Waals surface area contributed by atoms with Gasteiger partial charge >= 0.3 is 5.97 Å². The molecule has 0 aliphatic carbocycles. The van der Waals surface area contributed by atoms with Crippen molar-refractivity contribution in [3.63, 3.8) is 0 Å². The van der Waals surface area contributed by atoms with Gasteiger partial charge in [0, 0.05) is 18.8 Å². The fourth-order valence-corrected chi connectivity index (χ4v) is 2.15. The van der Waals surface area contributed by atoms with Crippen LogP contribution in [0, 0.1) is 5.41 Å². The van der Waals surface area contributed by atoms with Gasteiger partial charge in [0.2, 0.25) is 0 Å². The topological polar surface area (TPSA) is 49.8 Å². The molecule has 0 saturated carbocycles. The number of anilines is 1. The van der Waals surface area contributed by atoms with E-state index >= 15 is 0 Å². The molecule has 17 heavy (non-hydrogen) atoms. The Morgan fingerprint density at radius 2 is 2.06 bits per heavy atom. The van der Waals surface area contributed by atoms with Crippen molar-refractivity contribution in [3.8, 4) is 5.75 Å². The van der Waals surface area contributed by atoms with Crippen LogP contribution in [-0.2, 0) is 4.79 Å². The minimum Gasteiger partial charge on any atom is -0.497 e. The molecule has 1 saturated heterocycles. The van der Waals surface area contributed by atoms with Gasteiger partial charge < -0.3 is 14.7 Å². The lowest BCUT2D eigenvalue weighted by atomic mass is 9.90. The van der Waals surface area contributed by atoms with Crippen LogP contribution in [0.2, 0.25) is 0 Å². The Morgan fingerprint density at radius 1 is 1.41 bits per heavy atom. The van der Waals surface area contributed by atoms with Gasteiger partial charge in [-0.15, -0.1) is 0 Å². The van der Waals surface area contributed by atoms with Crippen LogP contribution in [0.25, 0.3) is 0 Å². The first-order chi connectivity index (χ1) is 8.05. The van der Waals surface area contributed by atoms with E-state index in [4.69, 9.17) is 4.74 Å². The SMILES string of the molecule is COc1ccc(N2CCC(C)(C(=O)O)C2)cc1. The van der Waals surface area contributed by atoms with Crippen molar-refractivity contribution in [1.29, 1.82) is 0 Å². The van der Waals surface area contributed by atoms with E-state index in [2.05, 4.69) is 4.90 Å². The Bertz CT molecular complexity index is 415. The molecule has 0 bridgehead atoms. The van der Waals surface area contributed by atoms with Crippen molar-refractivity contribution >= 4 is 11.7 Å². The smallest absolute Gasteiger partial charge is 0.311 e. The summed E-state index contributed by atoms with van der Waals surface area (Å²) in [6.45, 7) is 3.16. The number of hydrogen-bond donors (Lipinski definition) is 1. The summed E-state index contributed by atoms with van der Waals surface area (Å²) >= 11 is 0. The molecule has 0 aromatic heterocycles. The number of ether oxygens (including phenoxy) is 1. The lowest BCUT2D eigenvalue weighted by molar-refractivity contribution is -0.146. The third-order valence-electron chi connectivity index (χ3n) is 3.43. The standard InChI is InChI=1S/C13H17NO3/c1-13(12(15)16)7-8-14(9-13)10-3-5-11(17-2)6-4-10/h3-6H,7-9H2,1-2H3,(H,15,16). The van der Waals surface area contributed by atoms with E-state index in [1.54, 1.807) is 14.0 Å². The second kappa shape index (κ2) is 4.28. The van der Waals surface area contributed by atoms with E-state index < -0.39 is 11.4 Å². The molecule has 0 amide bonds. The van der Waals surface area contributed by atoms with E-state index in [9.17, 15) is 9.90 Å². The lowest BCUT2D eigenvalue weighted by Crippen LogP contribution is -2.31. The van der Waals surface area contributed by atoms with Crippen LogP contribution in [0.15, 0.2) is 24.3 Å². The quantitative estimate of drug-likeness (QED) is 0.870. The minimum absolute atomic E-state index is 0.564. The highest BCUT2D eigenvalue weighted by atomic mass is 16.5. The summed E-state index contributed by atoms with van der Waals surface area (Å²) in [6, 6.07) is 7.72. The van der Waals surface area contributed by atoms with Gasteiger partial charge in [-0.25, -0.2) is 0 Å². The van der Waals surface area contributed by atoms with E-state index in [0.29, 0.717) is 13.0 Å². The van der Waals surface area contributed by atoms with Gasteiger partial charge in [-0.1, -0.05) is 0 Å². The summed E-state index contributed by atoms with van der Waals surface area (Å²) < 4.78 is 5.10. The molecule has 92 valence electrons. The molecule has 0 radical (unpaired) electrons. The van der Waals surface area contributed by atoms with Crippen LogP contribution in [0.5, 0.6) is 5.75 Å². The molecule has 1 unspecified atom stereocenters. The number of methoxy groups -OCH3 is 1. The second-order valence-corrected chi connectivity index (χ2v) is 4.74. The van der Waals surface area contributed by atoms with Crippen molar-refractivity contribution in [2.75, 3.05) is 25.1 Å². The number of hydrogen-bond acceptors (Lipinski definition) is 3. The zero-order valence-corrected chi connectivity index (χ0v) is 10.1. The maximum Gasteiger partial charge on any atom is 0.311 e. The molecular weight excluding hydrogens is 218 g/mol. The highest BCUT2D eigenvalue weighted by Gasteiger charge is 2.40. The maximum atomic E-state index is 11.2. The van der Waals surface area contributed by atoms with Crippen molar-refractivity contribution in [1.82, 2.24) is 0 Å². The molecule has 1 fully saturated rings. The predicted molar refractivity (Wildman–Crippen MR) is 65.6 cm³/mol. The highest BCUT2D eigenvalue weighted by Crippen LogP contribution is 2.33. The average molecular weight is 235 g/mol. The number of aliphatic carboxylic acids is 1. The van der Waals surface area contributed by atoms with Gasteiger partial charge in [-0.2, -0.15) is 0 Å². The molecule has 1 heterocycles. The number of rotatable bonds is 3. The highest BCUT2D eigenvalue weighted by molar-refractivity contribution is 5.76. The van der Waals surface area contributed by atoms with Crippen molar-refractivity contribution in [2.45, 2.75) is 13.3 Å². The van der Waals surface area contributed by atoms with E-state index in [0.717, 1.165) is 18.0 Å². The Morgan fingerprint density at radius 3 is 2.53 bits per heavy atom.